The summed E-state index contributed by atoms with van der Waals surface area (Å²) in [5.74, 6) is -0.0270. The van der Waals surface area contributed by atoms with Crippen LogP contribution in [0.4, 0.5) is 5.69 Å². The summed E-state index contributed by atoms with van der Waals surface area (Å²) in [5.41, 5.74) is 4.97. The van der Waals surface area contributed by atoms with Gasteiger partial charge in [-0.05, 0) is 43.2 Å². The molecule has 0 saturated heterocycles. The number of rotatable bonds is 6. The highest BCUT2D eigenvalue weighted by Gasteiger charge is 2.24. The lowest BCUT2D eigenvalue weighted by Gasteiger charge is -2.17. The van der Waals surface area contributed by atoms with E-state index in [1.54, 1.807) is 6.20 Å². The average Bonchev–Trinajstić information content (AvgIpc) is 2.66. The maximum Gasteiger partial charge on any atom is 0.287 e. The zero-order valence-electron chi connectivity index (χ0n) is 15.1. The number of hydrogen-bond donors (Lipinski definition) is 2. The minimum Gasteiger partial charge on any atom is -0.327 e. The maximum atomic E-state index is 13.0. The Balaban J connectivity index is 1.80. The lowest BCUT2D eigenvalue weighted by molar-refractivity contribution is -0.698. The molecule has 132 valence electrons. The first-order valence-corrected chi connectivity index (χ1v) is 8.80. The van der Waals surface area contributed by atoms with Gasteiger partial charge in [-0.25, -0.2) is 0 Å². The zero-order valence-corrected chi connectivity index (χ0v) is 15.1. The second-order valence-electron chi connectivity index (χ2n) is 6.46. The fourth-order valence-electron chi connectivity index (χ4n) is 2.89. The van der Waals surface area contributed by atoms with Gasteiger partial charge in [-0.3, -0.25) is 9.78 Å². The van der Waals surface area contributed by atoms with Crippen LogP contribution in [0.2, 0.25) is 0 Å². The normalized spacial score (nSPS) is 11.8. The minimum atomic E-state index is -0.335. The van der Waals surface area contributed by atoms with Crippen molar-refractivity contribution < 1.29 is 10.1 Å². The summed E-state index contributed by atoms with van der Waals surface area (Å²) in [4.78, 5) is 17.4. The SMILES string of the molecule is Cc1ccc(C)c(NC(=O)[C@@H]([NH2+]Cc2ccccn2)c2ccccc2)c1. The van der Waals surface area contributed by atoms with E-state index in [9.17, 15) is 4.79 Å². The standard InChI is InChI=1S/C22H23N3O/c1-16-11-12-17(2)20(14-16)25-22(26)21(18-8-4-3-5-9-18)24-15-19-10-6-7-13-23-19/h3-14,21,24H,15H2,1-2H3,(H,25,26)/p+1/t21-/m0/s1. The van der Waals surface area contributed by atoms with Crippen LogP contribution in [0.25, 0.3) is 0 Å². The molecule has 0 fully saturated rings. The number of aromatic nitrogens is 1. The third kappa shape index (κ3) is 4.55. The van der Waals surface area contributed by atoms with E-state index in [4.69, 9.17) is 0 Å². The first-order chi connectivity index (χ1) is 12.6. The largest absolute Gasteiger partial charge is 0.327 e. The highest BCUT2D eigenvalue weighted by molar-refractivity contribution is 5.95. The van der Waals surface area contributed by atoms with Crippen LogP contribution in [0.1, 0.15) is 28.4 Å². The molecule has 3 rings (SSSR count). The number of carbonyl (C=O) groups is 1. The van der Waals surface area contributed by atoms with Gasteiger partial charge in [-0.1, -0.05) is 48.5 Å². The third-order valence-corrected chi connectivity index (χ3v) is 4.38. The van der Waals surface area contributed by atoms with E-state index >= 15 is 0 Å². The van der Waals surface area contributed by atoms with E-state index in [1.807, 2.05) is 85.9 Å². The summed E-state index contributed by atoms with van der Waals surface area (Å²) >= 11 is 0. The fraction of sp³-hybridized carbons (Fsp3) is 0.182. The Morgan fingerprint density at radius 2 is 1.81 bits per heavy atom. The molecule has 1 heterocycles. The quantitative estimate of drug-likeness (QED) is 0.720. The fourth-order valence-corrected chi connectivity index (χ4v) is 2.89. The number of benzene rings is 2. The molecular formula is C22H24N3O+. The van der Waals surface area contributed by atoms with E-state index in [1.165, 1.54) is 0 Å². The Labute approximate surface area is 154 Å². The molecule has 0 aliphatic rings. The molecule has 0 unspecified atom stereocenters. The van der Waals surface area contributed by atoms with E-state index in [0.29, 0.717) is 6.54 Å². The highest BCUT2D eigenvalue weighted by atomic mass is 16.2. The molecule has 1 amide bonds. The first kappa shape index (κ1) is 17.8. The van der Waals surface area contributed by atoms with Crippen molar-refractivity contribution in [1.29, 1.82) is 0 Å². The van der Waals surface area contributed by atoms with Gasteiger partial charge in [0.1, 0.15) is 6.54 Å². The Morgan fingerprint density at radius 1 is 1.04 bits per heavy atom. The smallest absolute Gasteiger partial charge is 0.287 e. The van der Waals surface area contributed by atoms with Crippen molar-refractivity contribution in [3.8, 4) is 0 Å². The number of quaternary nitrogens is 1. The molecule has 0 bridgehead atoms. The molecule has 0 saturated carbocycles. The number of aryl methyl sites for hydroxylation is 2. The van der Waals surface area contributed by atoms with Crippen LogP contribution in [0, 0.1) is 13.8 Å². The van der Waals surface area contributed by atoms with Crippen molar-refractivity contribution in [2.45, 2.75) is 26.4 Å². The molecular weight excluding hydrogens is 322 g/mol. The van der Waals surface area contributed by atoms with Crippen LogP contribution in [-0.4, -0.2) is 10.9 Å². The highest BCUT2D eigenvalue weighted by Crippen LogP contribution is 2.18. The Bertz CT molecular complexity index is 863. The zero-order chi connectivity index (χ0) is 18.4. The summed E-state index contributed by atoms with van der Waals surface area (Å²) in [5, 5.41) is 5.12. The van der Waals surface area contributed by atoms with E-state index in [0.717, 1.165) is 28.1 Å². The molecule has 0 spiro atoms. The molecule has 4 nitrogen and oxygen atoms in total. The Hall–Kier alpha value is -2.98. The molecule has 0 radical (unpaired) electrons. The lowest BCUT2D eigenvalue weighted by atomic mass is 10.0. The predicted molar refractivity (Wildman–Crippen MR) is 104 cm³/mol. The topological polar surface area (TPSA) is 58.6 Å². The molecule has 3 aromatic rings. The Morgan fingerprint density at radius 3 is 2.54 bits per heavy atom. The Kier molecular flexibility index (Phi) is 5.77. The number of pyridine rings is 1. The molecule has 4 heteroatoms. The summed E-state index contributed by atoms with van der Waals surface area (Å²) in [6.45, 7) is 4.67. The van der Waals surface area contributed by atoms with Crippen molar-refractivity contribution in [2.75, 3.05) is 5.32 Å². The monoisotopic (exact) mass is 346 g/mol. The second-order valence-corrected chi connectivity index (χ2v) is 6.46. The van der Waals surface area contributed by atoms with Crippen molar-refractivity contribution in [3.05, 3.63) is 95.3 Å². The van der Waals surface area contributed by atoms with Crippen molar-refractivity contribution in [3.63, 3.8) is 0 Å². The van der Waals surface area contributed by atoms with Crippen LogP contribution in [0.3, 0.4) is 0 Å². The number of hydrogen-bond acceptors (Lipinski definition) is 2. The van der Waals surface area contributed by atoms with Gasteiger partial charge in [0, 0.05) is 17.4 Å². The molecule has 26 heavy (non-hydrogen) atoms. The summed E-state index contributed by atoms with van der Waals surface area (Å²) < 4.78 is 0. The number of anilines is 1. The van der Waals surface area contributed by atoms with E-state index in [2.05, 4.69) is 10.3 Å². The molecule has 0 aliphatic heterocycles. The number of nitrogens with one attached hydrogen (secondary N) is 1. The number of carbonyl (C=O) groups excluding carboxylic acids is 1. The van der Waals surface area contributed by atoms with Gasteiger partial charge in [-0.15, -0.1) is 0 Å². The lowest BCUT2D eigenvalue weighted by Crippen LogP contribution is -2.86. The molecule has 0 aliphatic carbocycles. The van der Waals surface area contributed by atoms with Gasteiger partial charge in [0.2, 0.25) is 0 Å². The predicted octanol–water partition coefficient (Wildman–Crippen LogP) is 3.14. The summed E-state index contributed by atoms with van der Waals surface area (Å²) in [6, 6.07) is 21.4. The second kappa shape index (κ2) is 8.41. The maximum absolute atomic E-state index is 13.0. The van der Waals surface area contributed by atoms with Gasteiger partial charge >= 0.3 is 0 Å². The third-order valence-electron chi connectivity index (χ3n) is 4.38. The minimum absolute atomic E-state index is 0.0270. The molecule has 1 aromatic heterocycles. The average molecular weight is 346 g/mol. The van der Waals surface area contributed by atoms with Crippen LogP contribution in [0.5, 0.6) is 0 Å². The van der Waals surface area contributed by atoms with Crippen LogP contribution >= 0.6 is 0 Å². The van der Waals surface area contributed by atoms with Crippen LogP contribution < -0.4 is 10.6 Å². The van der Waals surface area contributed by atoms with Crippen molar-refractivity contribution >= 4 is 11.6 Å². The van der Waals surface area contributed by atoms with Gasteiger partial charge < -0.3 is 10.6 Å². The number of nitrogens with zero attached hydrogens (tertiary/aromatic N) is 1. The number of amides is 1. The van der Waals surface area contributed by atoms with Gasteiger partial charge in [-0.2, -0.15) is 0 Å². The van der Waals surface area contributed by atoms with Crippen LogP contribution in [-0.2, 0) is 11.3 Å². The molecule has 1 atom stereocenters. The van der Waals surface area contributed by atoms with Gasteiger partial charge in [0.25, 0.3) is 5.91 Å². The summed E-state index contributed by atoms with van der Waals surface area (Å²) in [6.07, 6.45) is 1.77. The van der Waals surface area contributed by atoms with Gasteiger partial charge in [0.15, 0.2) is 6.04 Å². The molecule has 2 aromatic carbocycles. The van der Waals surface area contributed by atoms with E-state index < -0.39 is 0 Å². The molecule has 3 N–H and O–H groups in total. The van der Waals surface area contributed by atoms with Crippen LogP contribution in [0.15, 0.2) is 72.9 Å². The van der Waals surface area contributed by atoms with E-state index in [-0.39, 0.29) is 11.9 Å². The van der Waals surface area contributed by atoms with Gasteiger partial charge in [0.05, 0.1) is 5.69 Å². The summed E-state index contributed by atoms with van der Waals surface area (Å²) in [7, 11) is 0. The van der Waals surface area contributed by atoms with Crippen molar-refractivity contribution in [2.24, 2.45) is 0 Å². The first-order valence-electron chi connectivity index (χ1n) is 8.80. The number of nitrogens with two attached hydrogens (primary N) is 1. The van der Waals surface area contributed by atoms with Crippen molar-refractivity contribution in [1.82, 2.24) is 4.98 Å².